The highest BCUT2D eigenvalue weighted by Gasteiger charge is 2.15. The third-order valence-corrected chi connectivity index (χ3v) is 4.41. The summed E-state index contributed by atoms with van der Waals surface area (Å²) in [6, 6.07) is 5.44. The lowest BCUT2D eigenvalue weighted by Crippen LogP contribution is -2.23. The molecule has 0 atom stereocenters. The maximum Gasteiger partial charge on any atom is 0.238 e. The minimum atomic E-state index is -3.62. The van der Waals surface area contributed by atoms with E-state index < -0.39 is 10.0 Å². The number of anilines is 1. The lowest BCUT2D eigenvalue weighted by Gasteiger charge is -2.25. The normalized spacial score (nSPS) is 17.7. The number of aryl methyl sites for hydroxylation is 1. The molecule has 1 aromatic rings. The van der Waals surface area contributed by atoms with E-state index in [-0.39, 0.29) is 4.90 Å². The predicted octanol–water partition coefficient (Wildman–Crippen LogP) is 2.39. The zero-order valence-electron chi connectivity index (χ0n) is 10.6. The van der Waals surface area contributed by atoms with E-state index in [9.17, 15) is 8.42 Å². The van der Waals surface area contributed by atoms with E-state index in [0.29, 0.717) is 6.04 Å². The van der Waals surface area contributed by atoms with Gasteiger partial charge in [0, 0.05) is 11.7 Å². The van der Waals surface area contributed by atoms with Crippen molar-refractivity contribution in [3.8, 4) is 0 Å². The first-order valence-electron chi connectivity index (χ1n) is 6.37. The standard InChI is InChI=1S/C13H20N2O2S/c1-10-7-8-12(18(14,16)17)9-13(10)15-11-5-3-2-4-6-11/h7-9,11,15H,2-6H2,1H3,(H2,14,16,17). The van der Waals surface area contributed by atoms with Crippen molar-refractivity contribution < 1.29 is 8.42 Å². The summed E-state index contributed by atoms with van der Waals surface area (Å²) in [7, 11) is -3.62. The van der Waals surface area contributed by atoms with Gasteiger partial charge >= 0.3 is 0 Å². The molecule has 0 bridgehead atoms. The summed E-state index contributed by atoms with van der Waals surface area (Å²) in [4.78, 5) is 0.173. The maximum absolute atomic E-state index is 11.3. The average Bonchev–Trinajstić information content (AvgIpc) is 2.32. The molecule has 0 saturated heterocycles. The zero-order valence-corrected chi connectivity index (χ0v) is 11.5. The van der Waals surface area contributed by atoms with Crippen LogP contribution in [0, 0.1) is 6.92 Å². The van der Waals surface area contributed by atoms with Gasteiger partial charge in [-0.3, -0.25) is 0 Å². The molecule has 0 amide bonds. The first-order chi connectivity index (χ1) is 8.47. The van der Waals surface area contributed by atoms with Crippen molar-refractivity contribution in [2.45, 2.75) is 50.0 Å². The summed E-state index contributed by atoms with van der Waals surface area (Å²) in [5.74, 6) is 0. The van der Waals surface area contributed by atoms with Crippen molar-refractivity contribution in [1.82, 2.24) is 0 Å². The molecule has 4 nitrogen and oxygen atoms in total. The van der Waals surface area contributed by atoms with Gasteiger partial charge in [0.25, 0.3) is 0 Å². The molecule has 0 radical (unpaired) electrons. The Hall–Kier alpha value is -1.07. The van der Waals surface area contributed by atoms with Crippen molar-refractivity contribution in [3.63, 3.8) is 0 Å². The van der Waals surface area contributed by atoms with E-state index in [0.717, 1.165) is 24.1 Å². The van der Waals surface area contributed by atoms with Crippen LogP contribution in [-0.2, 0) is 10.0 Å². The maximum atomic E-state index is 11.3. The van der Waals surface area contributed by atoms with Gasteiger partial charge in [0.2, 0.25) is 10.0 Å². The summed E-state index contributed by atoms with van der Waals surface area (Å²) in [5.41, 5.74) is 1.93. The Kier molecular flexibility index (Phi) is 3.92. The van der Waals surface area contributed by atoms with Crippen LogP contribution in [-0.4, -0.2) is 14.5 Å². The van der Waals surface area contributed by atoms with Crippen molar-refractivity contribution in [3.05, 3.63) is 23.8 Å². The van der Waals surface area contributed by atoms with Gasteiger partial charge < -0.3 is 5.32 Å². The molecule has 2 rings (SSSR count). The van der Waals surface area contributed by atoms with Crippen LogP contribution in [0.2, 0.25) is 0 Å². The molecule has 1 aromatic carbocycles. The van der Waals surface area contributed by atoms with Crippen LogP contribution >= 0.6 is 0 Å². The Morgan fingerprint density at radius 2 is 1.89 bits per heavy atom. The molecule has 0 aliphatic heterocycles. The number of hydrogen-bond donors (Lipinski definition) is 2. The number of sulfonamides is 1. The number of nitrogens with two attached hydrogens (primary N) is 1. The Morgan fingerprint density at radius 3 is 2.50 bits per heavy atom. The number of benzene rings is 1. The molecule has 0 aromatic heterocycles. The van der Waals surface area contributed by atoms with Gasteiger partial charge in [-0.05, 0) is 37.5 Å². The molecule has 1 saturated carbocycles. The smallest absolute Gasteiger partial charge is 0.238 e. The molecule has 18 heavy (non-hydrogen) atoms. The SMILES string of the molecule is Cc1ccc(S(N)(=O)=O)cc1NC1CCCCC1. The minimum Gasteiger partial charge on any atom is -0.382 e. The summed E-state index contributed by atoms with van der Waals surface area (Å²) >= 11 is 0. The summed E-state index contributed by atoms with van der Waals surface area (Å²) in [5, 5.41) is 8.59. The average molecular weight is 268 g/mol. The first kappa shape index (κ1) is 13.4. The van der Waals surface area contributed by atoms with E-state index in [4.69, 9.17) is 5.14 Å². The minimum absolute atomic E-state index is 0.173. The van der Waals surface area contributed by atoms with Crippen LogP contribution in [0.4, 0.5) is 5.69 Å². The van der Waals surface area contributed by atoms with Gasteiger partial charge in [-0.25, -0.2) is 13.6 Å². The van der Waals surface area contributed by atoms with Crippen LogP contribution in [0.15, 0.2) is 23.1 Å². The predicted molar refractivity (Wildman–Crippen MR) is 73.0 cm³/mol. The highest BCUT2D eigenvalue weighted by atomic mass is 32.2. The second kappa shape index (κ2) is 5.28. The molecule has 100 valence electrons. The zero-order chi connectivity index (χ0) is 13.2. The number of hydrogen-bond acceptors (Lipinski definition) is 3. The lowest BCUT2D eigenvalue weighted by atomic mass is 9.95. The number of primary sulfonamides is 1. The molecule has 0 spiro atoms. The van der Waals surface area contributed by atoms with Crippen LogP contribution in [0.3, 0.4) is 0 Å². The lowest BCUT2D eigenvalue weighted by molar-refractivity contribution is 0.462. The van der Waals surface area contributed by atoms with Gasteiger partial charge in [-0.2, -0.15) is 0 Å². The molecule has 1 aliphatic rings. The van der Waals surface area contributed by atoms with Gasteiger partial charge in [0.15, 0.2) is 0 Å². The quantitative estimate of drug-likeness (QED) is 0.884. The van der Waals surface area contributed by atoms with Gasteiger partial charge in [0.05, 0.1) is 4.90 Å². The van der Waals surface area contributed by atoms with Crippen LogP contribution in [0.25, 0.3) is 0 Å². The summed E-state index contributed by atoms with van der Waals surface area (Å²) in [6.07, 6.45) is 6.09. The highest BCUT2D eigenvalue weighted by molar-refractivity contribution is 7.89. The van der Waals surface area contributed by atoms with E-state index >= 15 is 0 Å². The third kappa shape index (κ3) is 3.23. The highest BCUT2D eigenvalue weighted by Crippen LogP contribution is 2.25. The van der Waals surface area contributed by atoms with Crippen molar-refractivity contribution >= 4 is 15.7 Å². The summed E-state index contributed by atoms with van der Waals surface area (Å²) < 4.78 is 22.7. The topological polar surface area (TPSA) is 72.2 Å². The molecule has 0 unspecified atom stereocenters. The Bertz CT molecular complexity index is 520. The van der Waals surface area contributed by atoms with E-state index in [1.54, 1.807) is 18.2 Å². The number of rotatable bonds is 3. The molecular formula is C13H20N2O2S. The summed E-state index contributed by atoms with van der Waals surface area (Å²) in [6.45, 7) is 1.97. The third-order valence-electron chi connectivity index (χ3n) is 3.50. The van der Waals surface area contributed by atoms with E-state index in [2.05, 4.69) is 5.32 Å². The van der Waals surface area contributed by atoms with Crippen LogP contribution in [0.5, 0.6) is 0 Å². The van der Waals surface area contributed by atoms with Crippen molar-refractivity contribution in [1.29, 1.82) is 0 Å². The van der Waals surface area contributed by atoms with Gasteiger partial charge in [-0.15, -0.1) is 0 Å². The van der Waals surface area contributed by atoms with Crippen LogP contribution < -0.4 is 10.5 Å². The van der Waals surface area contributed by atoms with E-state index in [1.165, 1.54) is 19.3 Å². The van der Waals surface area contributed by atoms with Crippen LogP contribution in [0.1, 0.15) is 37.7 Å². The number of nitrogens with one attached hydrogen (secondary N) is 1. The monoisotopic (exact) mass is 268 g/mol. The van der Waals surface area contributed by atoms with E-state index in [1.807, 2.05) is 6.92 Å². The molecule has 0 heterocycles. The molecule has 1 fully saturated rings. The van der Waals surface area contributed by atoms with Crippen molar-refractivity contribution in [2.24, 2.45) is 5.14 Å². The molecule has 5 heteroatoms. The Balaban J connectivity index is 2.21. The fourth-order valence-electron chi connectivity index (χ4n) is 2.40. The molecule has 3 N–H and O–H groups in total. The largest absolute Gasteiger partial charge is 0.382 e. The second-order valence-electron chi connectivity index (χ2n) is 5.00. The fourth-order valence-corrected chi connectivity index (χ4v) is 2.94. The second-order valence-corrected chi connectivity index (χ2v) is 6.56. The molecular weight excluding hydrogens is 248 g/mol. The fraction of sp³-hybridized carbons (Fsp3) is 0.538. The van der Waals surface area contributed by atoms with Gasteiger partial charge in [0.1, 0.15) is 0 Å². The Labute approximate surface area is 109 Å². The van der Waals surface area contributed by atoms with Gasteiger partial charge in [-0.1, -0.05) is 25.3 Å². The Morgan fingerprint density at radius 1 is 1.22 bits per heavy atom. The first-order valence-corrected chi connectivity index (χ1v) is 7.91. The van der Waals surface area contributed by atoms with Crippen molar-refractivity contribution in [2.75, 3.05) is 5.32 Å². The molecule has 1 aliphatic carbocycles.